The largest absolute Gasteiger partial charge is 0.494 e. The molecule has 2 aromatic heterocycles. The number of hydrogen-bond acceptors (Lipinski definition) is 6. The molecule has 0 fully saturated rings. The van der Waals surface area contributed by atoms with Gasteiger partial charge in [-0.2, -0.15) is 4.98 Å². The molecule has 1 atom stereocenters. The SMILES string of the molecule is CCOc1ccc(C(=O)C(C)Sc2nc3nc(C)cc(C)n3n2)cc1. The highest BCUT2D eigenvalue weighted by molar-refractivity contribution is 8.00. The van der Waals surface area contributed by atoms with E-state index in [1.807, 2.05) is 45.9 Å². The molecule has 0 aliphatic heterocycles. The van der Waals surface area contributed by atoms with E-state index in [0.717, 1.165) is 17.1 Å². The molecule has 0 amide bonds. The molecular weight excluding hydrogens is 336 g/mol. The number of hydrogen-bond donors (Lipinski definition) is 0. The molecule has 1 unspecified atom stereocenters. The summed E-state index contributed by atoms with van der Waals surface area (Å²) < 4.78 is 7.10. The van der Waals surface area contributed by atoms with Gasteiger partial charge in [0.05, 0.1) is 11.9 Å². The van der Waals surface area contributed by atoms with Crippen LogP contribution in [0.2, 0.25) is 0 Å². The standard InChI is InChI=1S/C18H20N4O2S/c1-5-24-15-8-6-14(7-9-15)16(23)13(4)25-18-20-17-19-11(2)10-12(3)22(17)21-18/h6-10,13H,5H2,1-4H3. The highest BCUT2D eigenvalue weighted by Gasteiger charge is 2.19. The molecule has 2 heterocycles. The fourth-order valence-corrected chi connectivity index (χ4v) is 3.35. The summed E-state index contributed by atoms with van der Waals surface area (Å²) in [6.07, 6.45) is 0. The first-order valence-corrected chi connectivity index (χ1v) is 9.00. The third kappa shape index (κ3) is 3.82. The second-order valence-corrected chi connectivity index (χ2v) is 7.03. The molecule has 130 valence electrons. The summed E-state index contributed by atoms with van der Waals surface area (Å²) >= 11 is 1.34. The van der Waals surface area contributed by atoms with Gasteiger partial charge in [0.2, 0.25) is 5.16 Å². The molecule has 7 heteroatoms. The highest BCUT2D eigenvalue weighted by Crippen LogP contribution is 2.24. The van der Waals surface area contributed by atoms with Crippen LogP contribution in [-0.2, 0) is 0 Å². The predicted molar refractivity (Wildman–Crippen MR) is 97.5 cm³/mol. The Balaban J connectivity index is 1.76. The Morgan fingerprint density at radius 3 is 2.64 bits per heavy atom. The molecule has 6 nitrogen and oxygen atoms in total. The quantitative estimate of drug-likeness (QED) is 0.497. The summed E-state index contributed by atoms with van der Waals surface area (Å²) in [5, 5.41) is 4.70. The van der Waals surface area contributed by atoms with Crippen molar-refractivity contribution < 1.29 is 9.53 Å². The van der Waals surface area contributed by atoms with Crippen molar-refractivity contribution in [1.82, 2.24) is 19.6 Å². The lowest BCUT2D eigenvalue weighted by molar-refractivity contribution is 0.0994. The number of Topliss-reactive ketones (excluding diaryl/α,β-unsaturated/α-hetero) is 1. The Bertz CT molecular complexity index is 905. The number of aryl methyl sites for hydroxylation is 2. The van der Waals surface area contributed by atoms with Crippen molar-refractivity contribution in [3.63, 3.8) is 0 Å². The minimum absolute atomic E-state index is 0.0350. The summed E-state index contributed by atoms with van der Waals surface area (Å²) in [4.78, 5) is 21.4. The van der Waals surface area contributed by atoms with E-state index in [1.54, 1.807) is 16.6 Å². The molecule has 3 rings (SSSR count). The Morgan fingerprint density at radius 1 is 1.24 bits per heavy atom. The molecule has 0 spiro atoms. The molecule has 0 aliphatic carbocycles. The summed E-state index contributed by atoms with van der Waals surface area (Å²) in [5.41, 5.74) is 2.51. The minimum atomic E-state index is -0.295. The van der Waals surface area contributed by atoms with Crippen molar-refractivity contribution in [3.05, 3.63) is 47.3 Å². The van der Waals surface area contributed by atoms with E-state index in [-0.39, 0.29) is 11.0 Å². The molecule has 0 aliphatic rings. The summed E-state index contributed by atoms with van der Waals surface area (Å²) in [5.74, 6) is 1.35. The summed E-state index contributed by atoms with van der Waals surface area (Å²) in [7, 11) is 0. The Morgan fingerprint density at radius 2 is 1.96 bits per heavy atom. The smallest absolute Gasteiger partial charge is 0.253 e. The number of thioether (sulfide) groups is 1. The number of carbonyl (C=O) groups is 1. The first kappa shape index (κ1) is 17.4. The van der Waals surface area contributed by atoms with Crippen molar-refractivity contribution >= 4 is 23.3 Å². The fourth-order valence-electron chi connectivity index (χ4n) is 2.53. The van der Waals surface area contributed by atoms with Crippen molar-refractivity contribution in [2.75, 3.05) is 6.61 Å². The third-order valence-corrected chi connectivity index (χ3v) is 4.65. The maximum absolute atomic E-state index is 12.6. The van der Waals surface area contributed by atoms with Gasteiger partial charge in [-0.25, -0.2) is 9.50 Å². The topological polar surface area (TPSA) is 69.4 Å². The van der Waals surface area contributed by atoms with Gasteiger partial charge in [0.25, 0.3) is 5.78 Å². The van der Waals surface area contributed by atoms with Gasteiger partial charge in [-0.1, -0.05) is 11.8 Å². The molecule has 0 saturated heterocycles. The second kappa shape index (κ2) is 7.23. The zero-order valence-electron chi connectivity index (χ0n) is 14.7. The van der Waals surface area contributed by atoms with Gasteiger partial charge in [-0.15, -0.1) is 5.10 Å². The summed E-state index contributed by atoms with van der Waals surface area (Å²) in [6.45, 7) is 8.27. The first-order valence-electron chi connectivity index (χ1n) is 8.12. The van der Waals surface area contributed by atoms with E-state index in [0.29, 0.717) is 23.1 Å². The number of nitrogens with zero attached hydrogens (tertiary/aromatic N) is 4. The van der Waals surface area contributed by atoms with E-state index in [1.165, 1.54) is 11.8 Å². The van der Waals surface area contributed by atoms with Crippen LogP contribution in [0.1, 0.15) is 35.6 Å². The number of aromatic nitrogens is 4. The maximum Gasteiger partial charge on any atom is 0.253 e. The Kier molecular flexibility index (Phi) is 5.03. The van der Waals surface area contributed by atoms with Crippen molar-refractivity contribution in [2.24, 2.45) is 0 Å². The van der Waals surface area contributed by atoms with Gasteiger partial charge >= 0.3 is 0 Å². The zero-order valence-corrected chi connectivity index (χ0v) is 15.5. The van der Waals surface area contributed by atoms with Crippen LogP contribution < -0.4 is 4.74 Å². The zero-order chi connectivity index (χ0) is 18.0. The highest BCUT2D eigenvalue weighted by atomic mass is 32.2. The Hall–Kier alpha value is -2.41. The van der Waals surface area contributed by atoms with Crippen molar-refractivity contribution in [2.45, 2.75) is 38.1 Å². The van der Waals surface area contributed by atoms with Crippen molar-refractivity contribution in [3.8, 4) is 5.75 Å². The monoisotopic (exact) mass is 356 g/mol. The van der Waals surface area contributed by atoms with E-state index in [4.69, 9.17) is 4.74 Å². The number of benzene rings is 1. The fraction of sp³-hybridized carbons (Fsp3) is 0.333. The minimum Gasteiger partial charge on any atom is -0.494 e. The average Bonchev–Trinajstić information content (AvgIpc) is 2.98. The average molecular weight is 356 g/mol. The van der Waals surface area contributed by atoms with Gasteiger partial charge in [-0.3, -0.25) is 4.79 Å². The predicted octanol–water partition coefficient (Wildman–Crippen LogP) is 3.50. The number of rotatable bonds is 6. The number of ether oxygens (including phenoxy) is 1. The maximum atomic E-state index is 12.6. The molecule has 25 heavy (non-hydrogen) atoms. The van der Waals surface area contributed by atoms with E-state index in [2.05, 4.69) is 15.1 Å². The van der Waals surface area contributed by atoms with Gasteiger partial charge in [0.15, 0.2) is 5.78 Å². The lowest BCUT2D eigenvalue weighted by Gasteiger charge is -2.08. The van der Waals surface area contributed by atoms with Gasteiger partial charge in [0, 0.05) is 17.0 Å². The number of ketones is 1. The number of carbonyl (C=O) groups excluding carboxylic acids is 1. The van der Waals surface area contributed by atoms with Crippen LogP contribution >= 0.6 is 11.8 Å². The lowest BCUT2D eigenvalue weighted by atomic mass is 10.1. The van der Waals surface area contributed by atoms with Crippen LogP contribution in [0.25, 0.3) is 5.78 Å². The first-order chi connectivity index (χ1) is 12.0. The van der Waals surface area contributed by atoms with Crippen LogP contribution in [0.3, 0.4) is 0 Å². The normalized spacial score (nSPS) is 12.3. The third-order valence-electron chi connectivity index (χ3n) is 3.70. The van der Waals surface area contributed by atoms with E-state index < -0.39 is 0 Å². The van der Waals surface area contributed by atoms with Gasteiger partial charge in [-0.05, 0) is 58.0 Å². The molecule has 0 N–H and O–H groups in total. The Labute approximate surface area is 150 Å². The summed E-state index contributed by atoms with van der Waals surface area (Å²) in [6, 6.07) is 9.15. The molecular formula is C18H20N4O2S. The van der Waals surface area contributed by atoms with Crippen molar-refractivity contribution in [1.29, 1.82) is 0 Å². The van der Waals surface area contributed by atoms with Crippen LogP contribution in [0.15, 0.2) is 35.5 Å². The van der Waals surface area contributed by atoms with Crippen LogP contribution in [0.4, 0.5) is 0 Å². The molecule has 3 aromatic rings. The molecule has 0 saturated carbocycles. The van der Waals surface area contributed by atoms with Gasteiger partial charge < -0.3 is 4.74 Å². The van der Waals surface area contributed by atoms with Crippen LogP contribution in [0, 0.1) is 13.8 Å². The van der Waals surface area contributed by atoms with Crippen LogP contribution in [0.5, 0.6) is 5.75 Å². The van der Waals surface area contributed by atoms with Gasteiger partial charge in [0.1, 0.15) is 5.75 Å². The molecule has 1 aromatic carbocycles. The molecule has 0 bridgehead atoms. The lowest BCUT2D eigenvalue weighted by Crippen LogP contribution is -2.13. The molecule has 0 radical (unpaired) electrons. The van der Waals surface area contributed by atoms with Crippen LogP contribution in [-0.4, -0.2) is 37.2 Å². The van der Waals surface area contributed by atoms with E-state index >= 15 is 0 Å². The number of fused-ring (bicyclic) bond motifs is 1. The van der Waals surface area contributed by atoms with E-state index in [9.17, 15) is 4.79 Å². The second-order valence-electron chi connectivity index (χ2n) is 5.73.